The van der Waals surface area contributed by atoms with E-state index in [9.17, 15) is 18.0 Å². The molecule has 7 heteroatoms. The first kappa shape index (κ1) is 16.1. The molecule has 3 nitrogen and oxygen atoms in total. The van der Waals surface area contributed by atoms with E-state index in [1.165, 1.54) is 6.07 Å². The zero-order valence-corrected chi connectivity index (χ0v) is 12.0. The van der Waals surface area contributed by atoms with Crippen molar-refractivity contribution in [2.75, 3.05) is 11.9 Å². The van der Waals surface area contributed by atoms with Crippen LogP contribution in [0.1, 0.15) is 24.8 Å². The normalized spacial score (nSPS) is 22.3. The van der Waals surface area contributed by atoms with Crippen molar-refractivity contribution in [3.63, 3.8) is 0 Å². The highest BCUT2D eigenvalue weighted by atomic mass is 35.5. The Labute approximate surface area is 125 Å². The molecule has 2 atom stereocenters. The van der Waals surface area contributed by atoms with Gasteiger partial charge in [0.05, 0.1) is 10.6 Å². The maximum absolute atomic E-state index is 12.8. The molecule has 1 amide bonds. The fourth-order valence-corrected chi connectivity index (χ4v) is 2.94. The second kappa shape index (κ2) is 6.23. The van der Waals surface area contributed by atoms with Crippen molar-refractivity contribution in [1.29, 1.82) is 0 Å². The number of nitrogens with one attached hydrogen (secondary N) is 1. The van der Waals surface area contributed by atoms with Crippen LogP contribution in [-0.4, -0.2) is 12.5 Å². The lowest BCUT2D eigenvalue weighted by molar-refractivity contribution is -0.137. The molecule has 0 unspecified atom stereocenters. The van der Waals surface area contributed by atoms with Crippen molar-refractivity contribution in [3.05, 3.63) is 28.8 Å². The standard InChI is InChI=1S/C14H16ClF3N2O/c15-12-5-4-9(6-11(12)14(16,17)18)20-13(21)10-3-1-2-8(10)7-19/h4-6,8,10H,1-3,7,19H2,(H,20,21)/t8-,10-/m1/s1. The molecule has 0 bridgehead atoms. The van der Waals surface area contributed by atoms with Crippen LogP contribution < -0.4 is 11.1 Å². The van der Waals surface area contributed by atoms with Crippen LogP contribution in [-0.2, 0) is 11.0 Å². The fourth-order valence-electron chi connectivity index (χ4n) is 2.72. The highest BCUT2D eigenvalue weighted by molar-refractivity contribution is 6.31. The number of nitrogens with two attached hydrogens (primary N) is 1. The van der Waals surface area contributed by atoms with E-state index in [4.69, 9.17) is 17.3 Å². The summed E-state index contributed by atoms with van der Waals surface area (Å²) >= 11 is 5.54. The van der Waals surface area contributed by atoms with E-state index in [1.807, 2.05) is 0 Å². The highest BCUT2D eigenvalue weighted by Crippen LogP contribution is 2.37. The molecular formula is C14H16ClF3N2O. The quantitative estimate of drug-likeness (QED) is 0.892. The third kappa shape index (κ3) is 3.68. The Morgan fingerprint density at radius 2 is 2.10 bits per heavy atom. The second-order valence-corrected chi connectivity index (χ2v) is 5.62. The summed E-state index contributed by atoms with van der Waals surface area (Å²) in [6.07, 6.45) is -2.05. The summed E-state index contributed by atoms with van der Waals surface area (Å²) in [6, 6.07) is 3.35. The van der Waals surface area contributed by atoms with Crippen LogP contribution in [0.25, 0.3) is 0 Å². The topological polar surface area (TPSA) is 55.1 Å². The summed E-state index contributed by atoms with van der Waals surface area (Å²) in [5.74, 6) is -0.419. The minimum absolute atomic E-state index is 0.0967. The Bertz CT molecular complexity index is 533. The van der Waals surface area contributed by atoms with Gasteiger partial charge in [0.2, 0.25) is 5.91 Å². The van der Waals surface area contributed by atoms with Gasteiger partial charge in [-0.3, -0.25) is 4.79 Å². The summed E-state index contributed by atoms with van der Waals surface area (Å²) in [5, 5.41) is 2.15. The van der Waals surface area contributed by atoms with Crippen molar-refractivity contribution < 1.29 is 18.0 Å². The Kier molecular flexibility index (Phi) is 4.78. The molecule has 0 saturated heterocycles. The Hall–Kier alpha value is -1.27. The van der Waals surface area contributed by atoms with Gasteiger partial charge in [-0.25, -0.2) is 0 Å². The van der Waals surface area contributed by atoms with Gasteiger partial charge in [0, 0.05) is 11.6 Å². The molecule has 1 aromatic rings. The number of hydrogen-bond acceptors (Lipinski definition) is 2. The maximum atomic E-state index is 12.8. The number of benzene rings is 1. The molecule has 1 saturated carbocycles. The molecule has 3 N–H and O–H groups in total. The number of rotatable bonds is 3. The fraction of sp³-hybridized carbons (Fsp3) is 0.500. The summed E-state index contributed by atoms with van der Waals surface area (Å²) in [7, 11) is 0. The van der Waals surface area contributed by atoms with Crippen LogP contribution >= 0.6 is 11.6 Å². The van der Waals surface area contributed by atoms with E-state index in [2.05, 4.69) is 5.32 Å². The van der Waals surface area contributed by atoms with Crippen LogP contribution in [0.3, 0.4) is 0 Å². The molecule has 0 heterocycles. The summed E-state index contributed by atoms with van der Waals surface area (Å²) in [4.78, 5) is 12.1. The average molecular weight is 321 g/mol. The first-order chi connectivity index (χ1) is 9.82. The van der Waals surface area contributed by atoms with Crippen LogP contribution in [0.15, 0.2) is 18.2 Å². The monoisotopic (exact) mass is 320 g/mol. The van der Waals surface area contributed by atoms with Crippen molar-refractivity contribution in [2.45, 2.75) is 25.4 Å². The maximum Gasteiger partial charge on any atom is 0.417 e. The van der Waals surface area contributed by atoms with Gasteiger partial charge in [-0.05, 0) is 43.5 Å². The van der Waals surface area contributed by atoms with Crippen molar-refractivity contribution in [3.8, 4) is 0 Å². The van der Waals surface area contributed by atoms with E-state index in [-0.39, 0.29) is 28.5 Å². The third-order valence-electron chi connectivity index (χ3n) is 3.84. The Morgan fingerprint density at radius 1 is 1.38 bits per heavy atom. The molecule has 0 radical (unpaired) electrons. The molecule has 1 aliphatic rings. The summed E-state index contributed by atoms with van der Waals surface area (Å²) in [6.45, 7) is 0.409. The van der Waals surface area contributed by atoms with E-state index < -0.39 is 11.7 Å². The van der Waals surface area contributed by atoms with Crippen molar-refractivity contribution in [2.24, 2.45) is 17.6 Å². The van der Waals surface area contributed by atoms with Crippen molar-refractivity contribution >= 4 is 23.2 Å². The molecule has 0 spiro atoms. The SMILES string of the molecule is NC[C@H]1CCC[C@H]1C(=O)Nc1ccc(Cl)c(C(F)(F)F)c1. The largest absolute Gasteiger partial charge is 0.417 e. The zero-order chi connectivity index (χ0) is 15.6. The number of carbonyl (C=O) groups excluding carboxylic acids is 1. The van der Waals surface area contributed by atoms with Gasteiger partial charge in [-0.2, -0.15) is 13.2 Å². The second-order valence-electron chi connectivity index (χ2n) is 5.21. The lowest BCUT2D eigenvalue weighted by Crippen LogP contribution is -2.29. The Morgan fingerprint density at radius 3 is 2.71 bits per heavy atom. The predicted molar refractivity (Wildman–Crippen MR) is 75.0 cm³/mol. The van der Waals surface area contributed by atoms with Gasteiger partial charge in [0.1, 0.15) is 0 Å². The van der Waals surface area contributed by atoms with Crippen molar-refractivity contribution in [1.82, 2.24) is 0 Å². The van der Waals surface area contributed by atoms with Crippen LogP contribution in [0.5, 0.6) is 0 Å². The van der Waals surface area contributed by atoms with Gasteiger partial charge < -0.3 is 11.1 Å². The average Bonchev–Trinajstić information content (AvgIpc) is 2.88. The van der Waals surface area contributed by atoms with Crippen LogP contribution in [0.2, 0.25) is 5.02 Å². The molecule has 1 fully saturated rings. The number of halogens is 4. The predicted octanol–water partition coefficient (Wildman–Crippen LogP) is 3.67. The molecule has 0 aliphatic heterocycles. The van der Waals surface area contributed by atoms with E-state index in [0.29, 0.717) is 13.0 Å². The molecule has 116 valence electrons. The molecular weight excluding hydrogens is 305 g/mol. The molecule has 1 aliphatic carbocycles. The highest BCUT2D eigenvalue weighted by Gasteiger charge is 2.35. The van der Waals surface area contributed by atoms with E-state index in [1.54, 1.807) is 0 Å². The summed E-state index contributed by atoms with van der Waals surface area (Å²) in [5.41, 5.74) is 4.75. The summed E-state index contributed by atoms with van der Waals surface area (Å²) < 4.78 is 38.3. The van der Waals surface area contributed by atoms with Gasteiger partial charge in [-0.1, -0.05) is 18.0 Å². The zero-order valence-electron chi connectivity index (χ0n) is 11.2. The number of hydrogen-bond donors (Lipinski definition) is 2. The molecule has 0 aromatic heterocycles. The molecule has 21 heavy (non-hydrogen) atoms. The van der Waals surface area contributed by atoms with Gasteiger partial charge in [0.25, 0.3) is 0 Å². The van der Waals surface area contributed by atoms with Crippen LogP contribution in [0.4, 0.5) is 18.9 Å². The lowest BCUT2D eigenvalue weighted by atomic mass is 9.95. The van der Waals surface area contributed by atoms with Gasteiger partial charge in [-0.15, -0.1) is 0 Å². The van der Waals surface area contributed by atoms with E-state index in [0.717, 1.165) is 25.0 Å². The number of alkyl halides is 3. The number of carbonyl (C=O) groups is 1. The minimum Gasteiger partial charge on any atom is -0.330 e. The first-order valence-electron chi connectivity index (χ1n) is 6.70. The number of amides is 1. The van der Waals surface area contributed by atoms with E-state index >= 15 is 0 Å². The van der Waals surface area contributed by atoms with Crippen LogP contribution in [0, 0.1) is 11.8 Å². The smallest absolute Gasteiger partial charge is 0.330 e. The lowest BCUT2D eigenvalue weighted by Gasteiger charge is -2.18. The first-order valence-corrected chi connectivity index (χ1v) is 7.08. The number of anilines is 1. The molecule has 2 rings (SSSR count). The third-order valence-corrected chi connectivity index (χ3v) is 4.17. The minimum atomic E-state index is -4.55. The Balaban J connectivity index is 2.15. The van der Waals surface area contributed by atoms with Gasteiger partial charge >= 0.3 is 6.18 Å². The van der Waals surface area contributed by atoms with Gasteiger partial charge in [0.15, 0.2) is 0 Å². The molecule has 1 aromatic carbocycles.